The zero-order valence-corrected chi connectivity index (χ0v) is 7.01. The largest absolute Gasteiger partial charge is 0.493 e. The molecule has 1 N–H and O–H groups in total. The molecule has 0 radical (unpaired) electrons. The van der Waals surface area contributed by atoms with Crippen LogP contribution >= 0.6 is 0 Å². The van der Waals surface area contributed by atoms with E-state index in [0.29, 0.717) is 6.42 Å². The molecule has 0 spiro atoms. The van der Waals surface area contributed by atoms with Crippen LogP contribution in [0.3, 0.4) is 0 Å². The normalized spacial score (nSPS) is 35.0. The number of hydrogen-bond donors (Lipinski definition) is 1. The van der Waals surface area contributed by atoms with Gasteiger partial charge in [-0.25, -0.2) is 0 Å². The first-order chi connectivity index (χ1) is 5.75. The van der Waals surface area contributed by atoms with E-state index in [1.165, 1.54) is 0 Å². The molecular formula is C9H13NO2. The lowest BCUT2D eigenvalue weighted by atomic mass is 10.1. The topological polar surface area (TPSA) is 38.3 Å². The molecule has 0 saturated carbocycles. The van der Waals surface area contributed by atoms with E-state index in [4.69, 9.17) is 4.74 Å². The van der Waals surface area contributed by atoms with Crippen molar-refractivity contribution in [3.05, 3.63) is 12.3 Å². The highest BCUT2D eigenvalue weighted by Gasteiger charge is 2.33. The minimum atomic E-state index is 0.154. The van der Waals surface area contributed by atoms with Crippen molar-refractivity contribution in [2.75, 3.05) is 0 Å². The fourth-order valence-corrected chi connectivity index (χ4v) is 1.84. The van der Waals surface area contributed by atoms with Gasteiger partial charge in [-0.1, -0.05) is 6.58 Å². The zero-order chi connectivity index (χ0) is 8.55. The molecule has 0 aromatic carbocycles. The molecule has 1 amide bonds. The third-order valence-corrected chi connectivity index (χ3v) is 2.50. The lowest BCUT2D eigenvalue weighted by Gasteiger charge is -2.17. The van der Waals surface area contributed by atoms with E-state index in [0.717, 1.165) is 25.0 Å². The van der Waals surface area contributed by atoms with Gasteiger partial charge in [0.05, 0.1) is 11.8 Å². The van der Waals surface area contributed by atoms with Crippen LogP contribution in [0.5, 0.6) is 0 Å². The molecule has 2 fully saturated rings. The molecule has 2 heterocycles. The number of amides is 1. The quantitative estimate of drug-likeness (QED) is 0.631. The molecule has 2 atom stereocenters. The Bertz CT molecular complexity index is 201. The summed E-state index contributed by atoms with van der Waals surface area (Å²) in [6.45, 7) is 3.76. The van der Waals surface area contributed by atoms with Gasteiger partial charge in [0.2, 0.25) is 5.91 Å². The molecule has 2 saturated heterocycles. The van der Waals surface area contributed by atoms with Crippen LogP contribution in [-0.4, -0.2) is 18.1 Å². The van der Waals surface area contributed by atoms with Gasteiger partial charge in [-0.15, -0.1) is 0 Å². The van der Waals surface area contributed by atoms with Gasteiger partial charge in [-0.2, -0.15) is 0 Å². The smallest absolute Gasteiger partial charge is 0.220 e. The standard InChI is InChI=1S/C9H13NO2/c1-6-2-4-8(12-6)7-3-5-9(11)10-7/h7-8H,1-5H2,(H,10,11)/t7-,8-/m0/s1. The number of nitrogens with one attached hydrogen (secondary N) is 1. The fourth-order valence-electron chi connectivity index (χ4n) is 1.84. The van der Waals surface area contributed by atoms with Gasteiger partial charge < -0.3 is 10.1 Å². The average molecular weight is 167 g/mol. The van der Waals surface area contributed by atoms with Gasteiger partial charge in [-0.3, -0.25) is 4.79 Å². The number of carbonyl (C=O) groups is 1. The number of hydrogen-bond acceptors (Lipinski definition) is 2. The summed E-state index contributed by atoms with van der Waals surface area (Å²) >= 11 is 0. The molecule has 66 valence electrons. The van der Waals surface area contributed by atoms with Crippen LogP contribution in [0, 0.1) is 0 Å². The molecule has 0 bridgehead atoms. The van der Waals surface area contributed by atoms with Crippen LogP contribution in [0.4, 0.5) is 0 Å². The number of rotatable bonds is 1. The maximum Gasteiger partial charge on any atom is 0.220 e. The second kappa shape index (κ2) is 2.81. The Balaban J connectivity index is 1.93. The predicted molar refractivity (Wildman–Crippen MR) is 44.4 cm³/mol. The highest BCUT2D eigenvalue weighted by atomic mass is 16.5. The molecule has 12 heavy (non-hydrogen) atoms. The van der Waals surface area contributed by atoms with E-state index in [2.05, 4.69) is 11.9 Å². The van der Waals surface area contributed by atoms with Gasteiger partial charge in [-0.05, 0) is 12.8 Å². The molecule has 3 nitrogen and oxygen atoms in total. The zero-order valence-electron chi connectivity index (χ0n) is 7.01. The minimum absolute atomic E-state index is 0.154. The monoisotopic (exact) mass is 167 g/mol. The van der Waals surface area contributed by atoms with Gasteiger partial charge in [0.1, 0.15) is 6.10 Å². The maximum absolute atomic E-state index is 10.9. The van der Waals surface area contributed by atoms with Crippen LogP contribution in [0.15, 0.2) is 12.3 Å². The molecule has 0 aliphatic carbocycles. The Hall–Kier alpha value is -0.990. The van der Waals surface area contributed by atoms with Gasteiger partial charge in [0, 0.05) is 12.8 Å². The second-order valence-corrected chi connectivity index (χ2v) is 3.45. The van der Waals surface area contributed by atoms with E-state index >= 15 is 0 Å². The summed E-state index contributed by atoms with van der Waals surface area (Å²) in [5, 5.41) is 2.91. The second-order valence-electron chi connectivity index (χ2n) is 3.45. The lowest BCUT2D eigenvalue weighted by molar-refractivity contribution is -0.119. The summed E-state index contributed by atoms with van der Waals surface area (Å²) in [5.41, 5.74) is 0. The van der Waals surface area contributed by atoms with Crippen LogP contribution < -0.4 is 5.32 Å². The van der Waals surface area contributed by atoms with E-state index in [9.17, 15) is 4.79 Å². The van der Waals surface area contributed by atoms with Crippen molar-refractivity contribution in [3.63, 3.8) is 0 Å². The van der Waals surface area contributed by atoms with Gasteiger partial charge in [0.15, 0.2) is 0 Å². The molecule has 0 unspecified atom stereocenters. The number of ether oxygens (including phenoxy) is 1. The Morgan fingerprint density at radius 2 is 2.25 bits per heavy atom. The first-order valence-corrected chi connectivity index (χ1v) is 4.39. The van der Waals surface area contributed by atoms with Crippen LogP contribution in [-0.2, 0) is 9.53 Å². The molecule has 3 heteroatoms. The third-order valence-electron chi connectivity index (χ3n) is 2.50. The molecule has 0 aromatic heterocycles. The lowest BCUT2D eigenvalue weighted by Crippen LogP contribution is -2.35. The maximum atomic E-state index is 10.9. The summed E-state index contributed by atoms with van der Waals surface area (Å²) in [6.07, 6.45) is 3.69. The summed E-state index contributed by atoms with van der Waals surface area (Å²) in [4.78, 5) is 10.9. The van der Waals surface area contributed by atoms with E-state index in [-0.39, 0.29) is 18.1 Å². The van der Waals surface area contributed by atoms with Crippen molar-refractivity contribution >= 4 is 5.91 Å². The molecule has 2 rings (SSSR count). The Kier molecular flexibility index (Phi) is 1.79. The number of carbonyl (C=O) groups excluding carboxylic acids is 1. The van der Waals surface area contributed by atoms with E-state index in [1.807, 2.05) is 0 Å². The van der Waals surface area contributed by atoms with Gasteiger partial charge >= 0.3 is 0 Å². The Morgan fingerprint density at radius 3 is 2.75 bits per heavy atom. The minimum Gasteiger partial charge on any atom is -0.493 e. The first kappa shape index (κ1) is 7.65. The molecular weight excluding hydrogens is 154 g/mol. The Morgan fingerprint density at radius 1 is 1.42 bits per heavy atom. The summed E-state index contributed by atoms with van der Waals surface area (Å²) in [5.74, 6) is 1.02. The molecule has 2 aliphatic rings. The summed E-state index contributed by atoms with van der Waals surface area (Å²) in [7, 11) is 0. The van der Waals surface area contributed by atoms with Crippen molar-refractivity contribution in [1.29, 1.82) is 0 Å². The SMILES string of the molecule is C=C1CC[C@@H]([C@@H]2CCC(=O)N2)O1. The van der Waals surface area contributed by atoms with Gasteiger partial charge in [0.25, 0.3) is 0 Å². The molecule has 0 aromatic rings. The van der Waals surface area contributed by atoms with Crippen molar-refractivity contribution < 1.29 is 9.53 Å². The number of allylic oxidation sites excluding steroid dienone is 1. The van der Waals surface area contributed by atoms with E-state index in [1.54, 1.807) is 0 Å². The van der Waals surface area contributed by atoms with Crippen LogP contribution in [0.25, 0.3) is 0 Å². The fraction of sp³-hybridized carbons (Fsp3) is 0.667. The first-order valence-electron chi connectivity index (χ1n) is 4.39. The molecule has 2 aliphatic heterocycles. The van der Waals surface area contributed by atoms with Crippen molar-refractivity contribution in [3.8, 4) is 0 Å². The van der Waals surface area contributed by atoms with Crippen LogP contribution in [0.1, 0.15) is 25.7 Å². The van der Waals surface area contributed by atoms with Crippen LogP contribution in [0.2, 0.25) is 0 Å². The van der Waals surface area contributed by atoms with Crippen molar-refractivity contribution in [1.82, 2.24) is 5.32 Å². The third kappa shape index (κ3) is 1.31. The highest BCUT2D eigenvalue weighted by molar-refractivity contribution is 5.78. The predicted octanol–water partition coefficient (Wildman–Crippen LogP) is 0.958. The van der Waals surface area contributed by atoms with Crippen molar-refractivity contribution in [2.24, 2.45) is 0 Å². The summed E-state index contributed by atoms with van der Waals surface area (Å²) < 4.78 is 5.48. The highest BCUT2D eigenvalue weighted by Crippen LogP contribution is 2.27. The van der Waals surface area contributed by atoms with Crippen molar-refractivity contribution in [2.45, 2.75) is 37.8 Å². The Labute approximate surface area is 71.8 Å². The summed E-state index contributed by atoms with van der Waals surface area (Å²) in [6, 6.07) is 0.233. The van der Waals surface area contributed by atoms with E-state index < -0.39 is 0 Å². The average Bonchev–Trinajstić information content (AvgIpc) is 2.58.